The quantitative estimate of drug-likeness (QED) is 0.650. The van der Waals surface area contributed by atoms with Crippen LogP contribution in [0.5, 0.6) is 0 Å². The van der Waals surface area contributed by atoms with E-state index in [1.165, 1.54) is 24.3 Å². The van der Waals surface area contributed by atoms with E-state index in [1.54, 1.807) is 11.2 Å². The van der Waals surface area contributed by atoms with Crippen molar-refractivity contribution in [2.45, 2.75) is 12.1 Å². The van der Waals surface area contributed by atoms with E-state index in [4.69, 9.17) is 0 Å². The van der Waals surface area contributed by atoms with Crippen LogP contribution in [-0.4, -0.2) is 34.9 Å². The molecule has 0 aliphatic carbocycles. The number of hydrogen-bond acceptors (Lipinski definition) is 5. The SMILES string of the molecule is O=C1NC(=O)[C@H]2C3c4ccccc4C=NN3[C@@H](C(=O)c3ccc(F)cc3)[C@@H]12. The van der Waals surface area contributed by atoms with Gasteiger partial charge in [0.05, 0.1) is 24.1 Å². The van der Waals surface area contributed by atoms with E-state index >= 15 is 0 Å². The summed E-state index contributed by atoms with van der Waals surface area (Å²) >= 11 is 0. The maximum Gasteiger partial charge on any atom is 0.233 e. The van der Waals surface area contributed by atoms with Crippen LogP contribution in [-0.2, 0) is 9.59 Å². The Morgan fingerprint density at radius 1 is 1.00 bits per heavy atom. The fourth-order valence-corrected chi connectivity index (χ4v) is 4.37. The summed E-state index contributed by atoms with van der Waals surface area (Å²) in [6.07, 6.45) is 1.64. The number of Topliss-reactive ketones (excluding diaryl/α,β-unsaturated/α-hetero) is 1. The molecule has 6 nitrogen and oxygen atoms in total. The zero-order valence-corrected chi connectivity index (χ0v) is 14.0. The number of hydrazone groups is 1. The van der Waals surface area contributed by atoms with E-state index in [0.29, 0.717) is 0 Å². The average Bonchev–Trinajstić information content (AvgIpc) is 3.17. The van der Waals surface area contributed by atoms with E-state index in [1.807, 2.05) is 24.3 Å². The molecule has 0 bridgehead atoms. The zero-order chi connectivity index (χ0) is 18.7. The lowest BCUT2D eigenvalue weighted by atomic mass is 9.83. The lowest BCUT2D eigenvalue weighted by Gasteiger charge is -2.32. The van der Waals surface area contributed by atoms with Gasteiger partial charge in [-0.1, -0.05) is 24.3 Å². The molecule has 0 aromatic heterocycles. The van der Waals surface area contributed by atoms with Crippen LogP contribution in [0, 0.1) is 17.7 Å². The van der Waals surface area contributed by atoms with Crippen molar-refractivity contribution in [3.63, 3.8) is 0 Å². The topological polar surface area (TPSA) is 78.8 Å². The molecule has 5 rings (SSSR count). The van der Waals surface area contributed by atoms with Crippen LogP contribution in [0.2, 0.25) is 0 Å². The molecule has 7 heteroatoms. The van der Waals surface area contributed by atoms with Crippen molar-refractivity contribution < 1.29 is 18.8 Å². The number of rotatable bonds is 2. The highest BCUT2D eigenvalue weighted by Crippen LogP contribution is 2.50. The Balaban J connectivity index is 1.64. The van der Waals surface area contributed by atoms with Gasteiger partial charge in [-0.2, -0.15) is 5.10 Å². The largest absolute Gasteiger partial charge is 0.296 e. The van der Waals surface area contributed by atoms with Crippen molar-refractivity contribution in [2.24, 2.45) is 16.9 Å². The van der Waals surface area contributed by atoms with Crippen LogP contribution in [0.3, 0.4) is 0 Å². The second kappa shape index (κ2) is 5.57. The lowest BCUT2D eigenvalue weighted by molar-refractivity contribution is -0.127. The fourth-order valence-electron chi connectivity index (χ4n) is 4.37. The maximum absolute atomic E-state index is 13.2. The molecular weight excluding hydrogens is 349 g/mol. The number of hydrogen-bond donors (Lipinski definition) is 1. The van der Waals surface area contributed by atoms with Crippen LogP contribution >= 0.6 is 0 Å². The summed E-state index contributed by atoms with van der Waals surface area (Å²) in [5, 5.41) is 8.34. The van der Waals surface area contributed by atoms with Crippen molar-refractivity contribution in [3.8, 4) is 0 Å². The predicted molar refractivity (Wildman–Crippen MR) is 93.3 cm³/mol. The molecule has 4 atom stereocenters. The van der Waals surface area contributed by atoms with E-state index in [0.717, 1.165) is 11.1 Å². The number of halogens is 1. The molecule has 3 heterocycles. The summed E-state index contributed by atoms with van der Waals surface area (Å²) in [5.74, 6) is -3.18. The number of ketones is 1. The van der Waals surface area contributed by atoms with E-state index < -0.39 is 35.6 Å². The standard InChI is InChI=1S/C20H14FN3O3/c21-12-7-5-10(6-8-12)18(25)17-15-14(19(26)23-20(15)27)16-13-4-2-1-3-11(13)9-22-24(16)17/h1-9,14-17H,(H,23,26,27)/t14-,15+,16?,17-/m1/s1. The second-order valence-corrected chi connectivity index (χ2v) is 6.92. The summed E-state index contributed by atoms with van der Waals surface area (Å²) in [5.41, 5.74) is 2.00. The molecule has 0 spiro atoms. The molecule has 1 N–H and O–H groups in total. The summed E-state index contributed by atoms with van der Waals surface area (Å²) in [6.45, 7) is 0. The first kappa shape index (κ1) is 15.9. The molecule has 2 aromatic rings. The minimum Gasteiger partial charge on any atom is -0.296 e. The van der Waals surface area contributed by atoms with Gasteiger partial charge in [-0.3, -0.25) is 24.7 Å². The van der Waals surface area contributed by atoms with E-state index in [2.05, 4.69) is 10.4 Å². The van der Waals surface area contributed by atoms with E-state index in [-0.39, 0.29) is 17.3 Å². The number of fused-ring (bicyclic) bond motifs is 5. The summed E-state index contributed by atoms with van der Waals surface area (Å²) in [6, 6.07) is 11.3. The molecule has 1 unspecified atom stereocenters. The van der Waals surface area contributed by atoms with Crippen LogP contribution in [0.4, 0.5) is 4.39 Å². The number of benzene rings is 2. The third kappa shape index (κ3) is 2.17. The molecule has 2 saturated heterocycles. The average molecular weight is 363 g/mol. The monoisotopic (exact) mass is 363 g/mol. The summed E-state index contributed by atoms with van der Waals surface area (Å²) in [7, 11) is 0. The third-order valence-corrected chi connectivity index (χ3v) is 5.53. The third-order valence-electron chi connectivity index (χ3n) is 5.53. The molecule has 2 fully saturated rings. The first-order chi connectivity index (χ1) is 13.1. The van der Waals surface area contributed by atoms with E-state index in [9.17, 15) is 18.8 Å². The molecule has 3 aliphatic rings. The molecule has 134 valence electrons. The Hall–Kier alpha value is -3.35. The maximum atomic E-state index is 13.2. The van der Waals surface area contributed by atoms with Crippen LogP contribution in [0.15, 0.2) is 53.6 Å². The second-order valence-electron chi connectivity index (χ2n) is 6.92. The minimum absolute atomic E-state index is 0.280. The number of nitrogens with one attached hydrogen (secondary N) is 1. The van der Waals surface area contributed by atoms with Gasteiger partial charge in [-0.05, 0) is 35.4 Å². The number of amides is 2. The molecule has 0 radical (unpaired) electrons. The highest BCUT2D eigenvalue weighted by Gasteiger charge is 2.62. The molecule has 3 aliphatic heterocycles. The van der Waals surface area contributed by atoms with Crippen molar-refractivity contribution in [1.29, 1.82) is 0 Å². The van der Waals surface area contributed by atoms with Crippen molar-refractivity contribution in [3.05, 3.63) is 71.0 Å². The highest BCUT2D eigenvalue weighted by molar-refractivity contribution is 6.12. The van der Waals surface area contributed by atoms with Gasteiger partial charge in [0.15, 0.2) is 5.78 Å². The smallest absolute Gasteiger partial charge is 0.233 e. The van der Waals surface area contributed by atoms with Crippen LogP contribution < -0.4 is 5.32 Å². The Morgan fingerprint density at radius 3 is 2.48 bits per heavy atom. The van der Waals surface area contributed by atoms with Crippen molar-refractivity contribution in [1.82, 2.24) is 10.3 Å². The molecular formula is C20H14FN3O3. The Morgan fingerprint density at radius 2 is 1.70 bits per heavy atom. The van der Waals surface area contributed by atoms with Crippen molar-refractivity contribution >= 4 is 23.8 Å². The Bertz CT molecular complexity index is 1020. The number of carbonyl (C=O) groups excluding carboxylic acids is 3. The number of carbonyl (C=O) groups is 3. The van der Waals surface area contributed by atoms with Crippen LogP contribution in [0.25, 0.3) is 0 Å². The predicted octanol–water partition coefficient (Wildman–Crippen LogP) is 1.67. The number of imide groups is 1. The number of nitrogens with zero attached hydrogens (tertiary/aromatic N) is 2. The first-order valence-corrected chi connectivity index (χ1v) is 8.62. The zero-order valence-electron chi connectivity index (χ0n) is 14.0. The fraction of sp³-hybridized carbons (Fsp3) is 0.200. The molecule has 2 amide bonds. The van der Waals surface area contributed by atoms with Gasteiger partial charge in [0.25, 0.3) is 0 Å². The van der Waals surface area contributed by atoms with Crippen LogP contribution in [0.1, 0.15) is 27.5 Å². The van der Waals surface area contributed by atoms with Crippen molar-refractivity contribution in [2.75, 3.05) is 0 Å². The van der Waals surface area contributed by atoms with Gasteiger partial charge in [0.2, 0.25) is 11.8 Å². The van der Waals surface area contributed by atoms with Gasteiger partial charge in [0.1, 0.15) is 11.9 Å². The molecule has 0 saturated carbocycles. The molecule has 27 heavy (non-hydrogen) atoms. The van der Waals surface area contributed by atoms with Gasteiger partial charge in [-0.25, -0.2) is 4.39 Å². The van der Waals surface area contributed by atoms with Gasteiger partial charge in [0, 0.05) is 5.56 Å². The lowest BCUT2D eigenvalue weighted by Crippen LogP contribution is -2.43. The highest BCUT2D eigenvalue weighted by atomic mass is 19.1. The molecule has 2 aromatic carbocycles. The first-order valence-electron chi connectivity index (χ1n) is 8.62. The van der Waals surface area contributed by atoms with Gasteiger partial charge >= 0.3 is 0 Å². The summed E-state index contributed by atoms with van der Waals surface area (Å²) < 4.78 is 13.2. The summed E-state index contributed by atoms with van der Waals surface area (Å²) in [4.78, 5) is 38.2. The normalized spacial score (nSPS) is 27.8. The van der Waals surface area contributed by atoms with Gasteiger partial charge < -0.3 is 0 Å². The Kier molecular flexibility index (Phi) is 3.28. The Labute approximate surface area is 153 Å². The van der Waals surface area contributed by atoms with Gasteiger partial charge in [-0.15, -0.1) is 0 Å². The minimum atomic E-state index is -0.915.